The zero-order chi connectivity index (χ0) is 83.6. The van der Waals surface area contributed by atoms with Crippen LogP contribution in [0.3, 0.4) is 0 Å². The van der Waals surface area contributed by atoms with Gasteiger partial charge in [-0.05, 0) is 108 Å². The number of carbonyl (C=O) groups excluding carboxylic acids is 7. The molecule has 14 rings (SSSR count). The van der Waals surface area contributed by atoms with E-state index in [0.717, 1.165) is 78.4 Å². The monoisotopic (exact) mass is 1670 g/mol. The van der Waals surface area contributed by atoms with E-state index in [1.54, 1.807) is 38.1 Å². The van der Waals surface area contributed by atoms with E-state index in [2.05, 4.69) is 52.5 Å². The number of amides is 7. The third kappa shape index (κ3) is 18.4. The van der Waals surface area contributed by atoms with Gasteiger partial charge in [-0.3, -0.25) is 43.5 Å². The van der Waals surface area contributed by atoms with E-state index < -0.39 is 255 Å². The Morgan fingerprint density at radius 1 is 0.621 bits per heavy atom. The van der Waals surface area contributed by atoms with Crippen LogP contribution in [0.5, 0.6) is 46.0 Å². The maximum Gasteiger partial charge on any atom is 0.330 e. The third-order valence-electron chi connectivity index (χ3n) is 19.8. The van der Waals surface area contributed by atoms with Gasteiger partial charge in [0, 0.05) is 46.4 Å². The van der Waals surface area contributed by atoms with Gasteiger partial charge in [-0.1, -0.05) is 79.0 Å². The second-order valence-corrected chi connectivity index (χ2v) is 29.6. The van der Waals surface area contributed by atoms with Gasteiger partial charge >= 0.3 is 5.97 Å². The number of aromatic nitrogens is 2. The number of fused-ring (bicyclic) bond motifs is 15. The Labute approximate surface area is 672 Å². The van der Waals surface area contributed by atoms with Gasteiger partial charge in [-0.15, -0.1) is 0 Å². The van der Waals surface area contributed by atoms with E-state index in [9.17, 15) is 85.3 Å². The van der Waals surface area contributed by atoms with E-state index >= 15 is 14.4 Å². The largest absolute Gasteiger partial charge is 0.508 e. The molecule has 11 bridgehead atoms. The molecule has 0 spiro atoms. The van der Waals surface area contributed by atoms with Crippen molar-refractivity contribution >= 4 is 82.1 Å². The Kier molecular flexibility index (Phi) is 26.2. The summed E-state index contributed by atoms with van der Waals surface area (Å²) in [6.07, 6.45) is -22.0. The van der Waals surface area contributed by atoms with Gasteiger partial charge in [0.25, 0.3) is 0 Å². The number of halogens is 3. The molecule has 19 atom stereocenters. The smallest absolute Gasteiger partial charge is 0.330 e. The van der Waals surface area contributed by atoms with Gasteiger partial charge in [-0.2, -0.15) is 0 Å². The predicted molar refractivity (Wildman–Crippen MR) is 403 cm³/mol. The van der Waals surface area contributed by atoms with Crippen LogP contribution in [0.25, 0.3) is 22.4 Å². The molecule has 1 aromatic heterocycles. The van der Waals surface area contributed by atoms with Crippen molar-refractivity contribution in [2.45, 2.75) is 149 Å². The molecule has 8 heterocycles. The average Bonchev–Trinajstić information content (AvgIpc) is 0.770. The number of carbonyl (C=O) groups is 8. The van der Waals surface area contributed by atoms with Crippen molar-refractivity contribution in [2.75, 3.05) is 20.2 Å². The van der Waals surface area contributed by atoms with Crippen molar-refractivity contribution in [1.29, 1.82) is 0 Å². The predicted octanol–water partition coefficient (Wildman–Crippen LogP) is 0.601. The first kappa shape index (κ1) is 84.7. The lowest BCUT2D eigenvalue weighted by atomic mass is 9.89. The second-order valence-electron chi connectivity index (χ2n) is 28.3. The number of aromatic hydroxyl groups is 3. The summed E-state index contributed by atoms with van der Waals surface area (Å²) in [5, 5.41) is 159. The van der Waals surface area contributed by atoms with Crippen LogP contribution < -0.4 is 62.5 Å². The number of primary amides is 1. The zero-order valence-electron chi connectivity index (χ0n) is 61.2. The molecule has 0 radical (unpaired) electrons. The number of phenols is 3. The number of aliphatic carboxylic acids is 1. The molecule has 2 saturated heterocycles. The number of likely N-dealkylation sites (N-methyl/N-ethyl adjacent to an activating group) is 1. The summed E-state index contributed by atoms with van der Waals surface area (Å²) in [4.78, 5) is 126. The summed E-state index contributed by atoms with van der Waals surface area (Å²) in [6, 6.07) is 5.59. The van der Waals surface area contributed by atoms with Crippen LogP contribution >= 0.6 is 34.8 Å². The van der Waals surface area contributed by atoms with Crippen LogP contribution in [0.1, 0.15) is 90.5 Å². The Morgan fingerprint density at radius 2 is 1.24 bits per heavy atom. The number of hydrogen-bond acceptors (Lipinski definition) is 29. The summed E-state index contributed by atoms with van der Waals surface area (Å²) >= 11 is 20.2. The number of nitrogens with two attached hydrogens (primary N) is 1. The van der Waals surface area contributed by atoms with Crippen LogP contribution in [0.4, 0.5) is 0 Å². The third-order valence-corrected chi connectivity index (χ3v) is 20.7. The second kappa shape index (κ2) is 35.8. The molecule has 6 aromatic carbocycles. The van der Waals surface area contributed by atoms with E-state index in [1.807, 2.05) is 0 Å². The highest BCUT2D eigenvalue weighted by molar-refractivity contribution is 6.32. The highest BCUT2D eigenvalue weighted by atomic mass is 35.5. The molecule has 22 N–H and O–H groups in total. The van der Waals surface area contributed by atoms with Crippen molar-refractivity contribution in [2.24, 2.45) is 11.7 Å². The van der Waals surface area contributed by atoms with Gasteiger partial charge in [0.15, 0.2) is 23.8 Å². The zero-order valence-corrected chi connectivity index (χ0v) is 63.5. The quantitative estimate of drug-likeness (QED) is 0.0559. The van der Waals surface area contributed by atoms with Crippen LogP contribution in [-0.4, -0.2) is 224 Å². The van der Waals surface area contributed by atoms with Crippen LogP contribution in [0.2, 0.25) is 15.1 Å². The minimum Gasteiger partial charge on any atom is -0.508 e. The molecule has 37 nitrogen and oxygen atoms in total. The number of nitrogens with zero attached hydrogens (tertiary/aromatic N) is 2. The first-order valence-corrected chi connectivity index (χ1v) is 37.1. The standard InChI is InChI=1S/C76H80Cl3N11O26/c1-28(2)14-41(81-3)68(103)89-57-59(96)31-7-12-46(39(78)16-31)111-48-18-33-19-49(66(48)115-76-65(102)63(100)67(51(27-91)114-76)116-75-64(101)62(99)61(98)50(113-75)26-82-23-35-24-84-43(25-83-35)29-4-9-34(77)10-5-29)112-47-13-8-32(17-40(47)79)60(97)58-73(108)88-56(74(109)110)38-20-36(92)21-45(94)53(38)37-15-30(6-11-44(37)93)54(70(105)90-58)87-71(106)55(33)86-69(104)42(22-52(80)95)85-72(57)107/h4-13,15-21,24-25,28,41-42,50-51,54-65,67,75-76,81-82,91-94,96-102H,14,22-23,26-27H2,1-3H3,(H2,80,95)(H,85,107)(H,86,104)(H,87,106)(H,88,108)(H,89,103)(H,90,105)(H,109,110)/t41-,42+,50-,51-,54-,55-,56-,57?,58+,59-,60-,61+,62+,63-,64-,65-,67-,75+,76+/m1/s1. The number of nitrogens with one attached hydrogen (secondary N) is 8. The minimum atomic E-state index is -2.39. The highest BCUT2D eigenvalue weighted by Gasteiger charge is 2.52. The van der Waals surface area contributed by atoms with E-state index in [-0.39, 0.29) is 42.1 Å². The van der Waals surface area contributed by atoms with Gasteiger partial charge in [-0.25, -0.2) is 4.79 Å². The molecule has 7 amide bonds. The molecule has 7 aromatic rings. The summed E-state index contributed by atoms with van der Waals surface area (Å²) in [5.41, 5.74) is 4.42. The fourth-order valence-electron chi connectivity index (χ4n) is 13.8. The SMILES string of the molecule is CN[C@H](CC(C)C)C(=O)NC1C(=O)N[C@@H](CC(N)=O)C(=O)N[C@H]2C(=O)N[C@H]3C(=O)N[C@H](C(=O)N[C@@H](C(=O)O)c4cc(O)cc(O)c4-c4cc3ccc4O)[C@H](O)c3ccc(c(Cl)c3)Oc3cc2cc(c3O[C@@H]2O[C@H](CO)[C@@H](O[C@@H]3O[C@H](CNCc4cnc(-c5ccc(Cl)cc5)cn4)[C@H](O)[C@H](O)[C@H]3O)[C@H](O)[C@H]2O)Oc2ccc(cc2Cl)[C@H]1O. The van der Waals surface area contributed by atoms with Gasteiger partial charge in [0.2, 0.25) is 53.4 Å². The summed E-state index contributed by atoms with van der Waals surface area (Å²) in [7, 11) is 1.46. The first-order chi connectivity index (χ1) is 55.2. The molecule has 0 aliphatic carbocycles. The Hall–Kier alpha value is -10.7. The van der Waals surface area contributed by atoms with Crippen molar-refractivity contribution < 1.29 is 128 Å². The number of carboxylic acid groups (broad SMARTS) is 1. The number of benzene rings is 6. The van der Waals surface area contributed by atoms with E-state index in [4.69, 9.17) is 69.0 Å². The van der Waals surface area contributed by atoms with Gasteiger partial charge < -0.3 is 138 Å². The molecular formula is C76H80Cl3N11O26. The fourth-order valence-corrected chi connectivity index (χ4v) is 14.4. The number of hydrogen-bond donors (Lipinski definition) is 21. The molecule has 7 aliphatic heterocycles. The van der Waals surface area contributed by atoms with Crippen LogP contribution in [0, 0.1) is 5.92 Å². The normalized spacial score (nSPS) is 27.1. The van der Waals surface area contributed by atoms with E-state index in [1.165, 1.54) is 25.5 Å². The Morgan fingerprint density at radius 3 is 1.85 bits per heavy atom. The maximum atomic E-state index is 16.1. The fraction of sp³-hybridized carbons (Fsp3) is 0.368. The molecular weight excluding hydrogens is 1590 g/mol. The molecule has 40 heteroatoms. The van der Waals surface area contributed by atoms with E-state index in [0.29, 0.717) is 16.4 Å². The topological polar surface area (TPSA) is 583 Å². The number of aliphatic hydroxyl groups excluding tert-OH is 8. The molecule has 616 valence electrons. The minimum absolute atomic E-state index is 0.0451. The van der Waals surface area contributed by atoms with Crippen molar-refractivity contribution in [1.82, 2.24) is 52.5 Å². The first-order valence-electron chi connectivity index (χ1n) is 36.0. The van der Waals surface area contributed by atoms with Crippen molar-refractivity contribution in [3.63, 3.8) is 0 Å². The summed E-state index contributed by atoms with van der Waals surface area (Å²) in [5.74, 6) is -16.6. The van der Waals surface area contributed by atoms with Crippen molar-refractivity contribution in [3.05, 3.63) is 164 Å². The average molecular weight is 1670 g/mol. The molecule has 1 unspecified atom stereocenters. The number of phenolic OH excluding ortho intramolecular Hbond substituents is 3. The van der Waals surface area contributed by atoms with Crippen LogP contribution in [-0.2, 0) is 59.1 Å². The van der Waals surface area contributed by atoms with Gasteiger partial charge in [0.1, 0.15) is 120 Å². The number of rotatable bonds is 18. The summed E-state index contributed by atoms with van der Waals surface area (Å²) < 4.78 is 37.8. The number of ether oxygens (including phenoxy) is 6. The number of aliphatic hydroxyl groups is 8. The number of carboxylic acids is 1. The lowest BCUT2D eigenvalue weighted by molar-refractivity contribution is -0.350. The van der Waals surface area contributed by atoms with Crippen molar-refractivity contribution in [3.8, 4) is 68.4 Å². The molecule has 0 saturated carbocycles. The maximum absolute atomic E-state index is 16.1. The van der Waals surface area contributed by atoms with Gasteiger partial charge in [0.05, 0.1) is 52.9 Å². The van der Waals surface area contributed by atoms with Crippen LogP contribution in [0.15, 0.2) is 116 Å². The molecule has 7 aliphatic rings. The molecule has 116 heavy (non-hydrogen) atoms. The Balaban J connectivity index is 0.978. The lowest BCUT2D eigenvalue weighted by Crippen LogP contribution is -2.65. The lowest BCUT2D eigenvalue weighted by Gasteiger charge is -2.46. The highest BCUT2D eigenvalue weighted by Crippen LogP contribution is 2.50. The molecule has 2 fully saturated rings. The Bertz CT molecular complexity index is 4900. The summed E-state index contributed by atoms with van der Waals surface area (Å²) in [6.45, 7) is 2.32.